The van der Waals surface area contributed by atoms with Gasteiger partial charge in [0.2, 0.25) is 5.95 Å². The molecule has 26 heavy (non-hydrogen) atoms. The van der Waals surface area contributed by atoms with E-state index in [0.717, 1.165) is 37.5 Å². The Balaban J connectivity index is 1.25. The summed E-state index contributed by atoms with van der Waals surface area (Å²) in [5, 5.41) is 0. The first-order valence-electron chi connectivity index (χ1n) is 10.8. The summed E-state index contributed by atoms with van der Waals surface area (Å²) in [4.78, 5) is 17.0. The molecule has 3 fully saturated rings. The fraction of sp³-hybridized carbons (Fsp3) is 0.810. The maximum Gasteiger partial charge on any atom is 0.225 e. The number of likely N-dealkylation sites (tertiary alicyclic amines) is 2. The molecule has 3 aliphatic rings. The minimum Gasteiger partial charge on any atom is -0.341 e. The topological polar surface area (TPSA) is 35.5 Å². The highest BCUT2D eigenvalue weighted by atomic mass is 15.3. The van der Waals surface area contributed by atoms with Gasteiger partial charge >= 0.3 is 0 Å². The molecule has 0 N–H and O–H groups in total. The number of anilines is 1. The van der Waals surface area contributed by atoms with Crippen LogP contribution in [-0.2, 0) is 6.54 Å². The average molecular weight is 358 g/mol. The van der Waals surface area contributed by atoms with Crippen molar-refractivity contribution in [3.8, 4) is 0 Å². The van der Waals surface area contributed by atoms with Gasteiger partial charge in [0.15, 0.2) is 0 Å². The third-order valence-electron chi connectivity index (χ3n) is 6.50. The Morgan fingerprint density at radius 2 is 1.62 bits per heavy atom. The predicted octanol–water partition coefficient (Wildman–Crippen LogP) is 3.16. The summed E-state index contributed by atoms with van der Waals surface area (Å²) in [7, 11) is 0. The van der Waals surface area contributed by atoms with Crippen molar-refractivity contribution in [3.63, 3.8) is 0 Å². The molecule has 4 heterocycles. The molecule has 0 radical (unpaired) electrons. The zero-order chi connectivity index (χ0) is 17.8. The van der Waals surface area contributed by atoms with Crippen molar-refractivity contribution >= 4 is 5.95 Å². The summed E-state index contributed by atoms with van der Waals surface area (Å²) in [5.74, 6) is 1.81. The van der Waals surface area contributed by atoms with Crippen LogP contribution in [-0.4, -0.2) is 65.1 Å². The molecule has 0 unspecified atom stereocenters. The van der Waals surface area contributed by atoms with Crippen LogP contribution in [0.4, 0.5) is 5.95 Å². The second kappa shape index (κ2) is 8.66. The summed E-state index contributed by atoms with van der Waals surface area (Å²) < 4.78 is 0. The quantitative estimate of drug-likeness (QED) is 0.827. The first-order valence-corrected chi connectivity index (χ1v) is 10.8. The molecular weight excluding hydrogens is 322 g/mol. The van der Waals surface area contributed by atoms with Crippen molar-refractivity contribution in [1.82, 2.24) is 19.8 Å². The van der Waals surface area contributed by atoms with Crippen molar-refractivity contribution in [2.45, 2.75) is 64.5 Å². The summed E-state index contributed by atoms with van der Waals surface area (Å²) in [6.07, 6.45) is 13.4. The Hall–Kier alpha value is -1.20. The van der Waals surface area contributed by atoms with Gasteiger partial charge in [-0.15, -0.1) is 0 Å². The minimum absolute atomic E-state index is 0.812. The van der Waals surface area contributed by atoms with E-state index in [4.69, 9.17) is 0 Å². The first kappa shape index (κ1) is 18.2. The van der Waals surface area contributed by atoms with Crippen LogP contribution >= 0.6 is 0 Å². The molecule has 0 bridgehead atoms. The summed E-state index contributed by atoms with van der Waals surface area (Å²) in [6.45, 7) is 10.7. The van der Waals surface area contributed by atoms with Crippen LogP contribution in [0.1, 0.15) is 57.4 Å². The maximum absolute atomic E-state index is 4.64. The Morgan fingerprint density at radius 3 is 2.31 bits per heavy atom. The molecule has 0 aliphatic carbocycles. The van der Waals surface area contributed by atoms with Crippen molar-refractivity contribution in [2.75, 3.05) is 44.2 Å². The lowest BCUT2D eigenvalue weighted by Crippen LogP contribution is -2.48. The third kappa shape index (κ3) is 4.55. The number of aromatic nitrogens is 2. The van der Waals surface area contributed by atoms with Gasteiger partial charge in [0, 0.05) is 50.2 Å². The van der Waals surface area contributed by atoms with Gasteiger partial charge in [-0.1, -0.05) is 6.92 Å². The van der Waals surface area contributed by atoms with Gasteiger partial charge in [-0.05, 0) is 70.5 Å². The third-order valence-corrected chi connectivity index (χ3v) is 6.50. The lowest BCUT2D eigenvalue weighted by Gasteiger charge is -2.41. The highest BCUT2D eigenvalue weighted by molar-refractivity contribution is 5.30. The fourth-order valence-electron chi connectivity index (χ4n) is 4.95. The second-order valence-corrected chi connectivity index (χ2v) is 8.69. The largest absolute Gasteiger partial charge is 0.341 e. The lowest BCUT2D eigenvalue weighted by atomic mass is 9.95. The second-order valence-electron chi connectivity index (χ2n) is 8.69. The molecule has 4 rings (SSSR count). The number of nitrogens with zero attached hydrogens (tertiary/aromatic N) is 5. The van der Waals surface area contributed by atoms with Gasteiger partial charge < -0.3 is 9.80 Å². The normalized spacial score (nSPS) is 27.0. The van der Waals surface area contributed by atoms with Crippen LogP contribution in [0.3, 0.4) is 0 Å². The molecule has 0 aromatic carbocycles. The lowest BCUT2D eigenvalue weighted by molar-refractivity contribution is 0.0728. The Bertz CT molecular complexity index is 546. The molecular formula is C21H35N5. The number of rotatable bonds is 4. The molecule has 5 heteroatoms. The molecule has 1 aromatic rings. The molecule has 3 saturated heterocycles. The molecule has 0 saturated carbocycles. The highest BCUT2D eigenvalue weighted by Gasteiger charge is 2.27. The van der Waals surface area contributed by atoms with Crippen molar-refractivity contribution < 1.29 is 0 Å². The van der Waals surface area contributed by atoms with E-state index in [0.29, 0.717) is 0 Å². The Kier molecular flexibility index (Phi) is 6.05. The van der Waals surface area contributed by atoms with E-state index in [1.54, 1.807) is 0 Å². The molecule has 3 aliphatic heterocycles. The Labute approximate surface area is 158 Å². The predicted molar refractivity (Wildman–Crippen MR) is 106 cm³/mol. The fourth-order valence-corrected chi connectivity index (χ4v) is 4.95. The van der Waals surface area contributed by atoms with Gasteiger partial charge in [-0.25, -0.2) is 9.97 Å². The van der Waals surface area contributed by atoms with Crippen molar-refractivity contribution in [1.29, 1.82) is 0 Å². The van der Waals surface area contributed by atoms with Crippen molar-refractivity contribution in [2.24, 2.45) is 5.92 Å². The molecule has 1 atom stereocenters. The van der Waals surface area contributed by atoms with Crippen LogP contribution in [0, 0.1) is 5.92 Å². The van der Waals surface area contributed by atoms with Crippen LogP contribution in [0.15, 0.2) is 12.4 Å². The maximum atomic E-state index is 4.64. The molecule has 0 spiro atoms. The standard InChI is InChI=1S/C21H35N5/c1-18-6-5-11-26(16-18)20-7-12-24(13-8-20)17-19-14-22-21(23-15-19)25-9-3-2-4-10-25/h14-15,18,20H,2-13,16-17H2,1H3/t18-/m0/s1. The van der Waals surface area contributed by atoms with E-state index in [2.05, 4.69) is 44.0 Å². The minimum atomic E-state index is 0.812. The summed E-state index contributed by atoms with van der Waals surface area (Å²) in [6, 6.07) is 0.812. The molecule has 1 aromatic heterocycles. The zero-order valence-electron chi connectivity index (χ0n) is 16.4. The average Bonchev–Trinajstić information content (AvgIpc) is 2.70. The van der Waals surface area contributed by atoms with E-state index in [-0.39, 0.29) is 0 Å². The summed E-state index contributed by atoms with van der Waals surface area (Å²) in [5.41, 5.74) is 1.26. The van der Waals surface area contributed by atoms with E-state index < -0.39 is 0 Å². The van der Waals surface area contributed by atoms with Crippen LogP contribution in [0.25, 0.3) is 0 Å². The SMILES string of the molecule is C[C@H]1CCCN(C2CCN(Cc3cnc(N4CCCCC4)nc3)CC2)C1. The van der Waals surface area contributed by atoms with E-state index >= 15 is 0 Å². The van der Waals surface area contributed by atoms with Gasteiger partial charge in [0.05, 0.1) is 0 Å². The number of hydrogen-bond donors (Lipinski definition) is 0. The van der Waals surface area contributed by atoms with Crippen LogP contribution in [0.5, 0.6) is 0 Å². The van der Waals surface area contributed by atoms with Gasteiger partial charge in [-0.2, -0.15) is 0 Å². The van der Waals surface area contributed by atoms with Crippen LogP contribution < -0.4 is 4.90 Å². The smallest absolute Gasteiger partial charge is 0.225 e. The molecule has 144 valence electrons. The van der Waals surface area contributed by atoms with Gasteiger partial charge in [0.1, 0.15) is 0 Å². The number of hydrogen-bond acceptors (Lipinski definition) is 5. The first-order chi connectivity index (χ1) is 12.8. The van der Waals surface area contributed by atoms with E-state index in [9.17, 15) is 0 Å². The monoisotopic (exact) mass is 357 g/mol. The van der Waals surface area contributed by atoms with Gasteiger partial charge in [-0.3, -0.25) is 4.90 Å². The number of piperidine rings is 3. The van der Waals surface area contributed by atoms with E-state index in [1.807, 2.05) is 0 Å². The molecule has 5 nitrogen and oxygen atoms in total. The Morgan fingerprint density at radius 1 is 0.885 bits per heavy atom. The highest BCUT2D eigenvalue weighted by Crippen LogP contribution is 2.24. The zero-order valence-corrected chi connectivity index (χ0v) is 16.4. The summed E-state index contributed by atoms with van der Waals surface area (Å²) >= 11 is 0. The van der Waals surface area contributed by atoms with Crippen LogP contribution in [0.2, 0.25) is 0 Å². The van der Waals surface area contributed by atoms with Crippen molar-refractivity contribution in [3.05, 3.63) is 18.0 Å². The van der Waals surface area contributed by atoms with E-state index in [1.165, 1.54) is 76.7 Å². The molecule has 0 amide bonds. The van der Waals surface area contributed by atoms with Gasteiger partial charge in [0.25, 0.3) is 0 Å².